The number of carbonyl (C=O) groups excluding carboxylic acids is 1. The average Bonchev–Trinajstić information content (AvgIpc) is 2.79. The number of H-pyrrole nitrogens is 1. The van der Waals surface area contributed by atoms with Gasteiger partial charge in [-0.2, -0.15) is 5.10 Å². The van der Waals surface area contributed by atoms with E-state index in [1.54, 1.807) is 4.90 Å². The summed E-state index contributed by atoms with van der Waals surface area (Å²) < 4.78 is 23.0. The number of aromatic nitrogens is 2. The number of nitrogens with zero attached hydrogens (tertiary/aromatic N) is 2. The summed E-state index contributed by atoms with van der Waals surface area (Å²) in [4.78, 5) is 13.7. The molecule has 0 aliphatic carbocycles. The van der Waals surface area contributed by atoms with Gasteiger partial charge in [0.1, 0.15) is 4.90 Å². The fourth-order valence-corrected chi connectivity index (χ4v) is 3.64. The van der Waals surface area contributed by atoms with E-state index in [2.05, 4.69) is 24.0 Å². The lowest BCUT2D eigenvalue weighted by Crippen LogP contribution is -2.31. The molecule has 1 saturated heterocycles. The third-order valence-electron chi connectivity index (χ3n) is 3.30. The van der Waals surface area contributed by atoms with Gasteiger partial charge in [0.2, 0.25) is 0 Å². The van der Waals surface area contributed by atoms with Crippen LogP contribution in [0.1, 0.15) is 36.5 Å². The molecular formula is C11H16ClN3O3S. The van der Waals surface area contributed by atoms with Crippen LogP contribution in [-0.4, -0.2) is 42.5 Å². The number of carbonyl (C=O) groups is 1. The minimum Gasteiger partial charge on any atom is -0.337 e. The quantitative estimate of drug-likeness (QED) is 0.840. The summed E-state index contributed by atoms with van der Waals surface area (Å²) in [6.45, 7) is 6.83. The molecule has 8 heteroatoms. The van der Waals surface area contributed by atoms with Gasteiger partial charge in [0.05, 0.1) is 5.69 Å². The Hall–Kier alpha value is -1.08. The molecule has 6 nitrogen and oxygen atoms in total. The van der Waals surface area contributed by atoms with Gasteiger partial charge in [0, 0.05) is 23.8 Å². The van der Waals surface area contributed by atoms with Crippen molar-refractivity contribution < 1.29 is 13.2 Å². The average molecular weight is 306 g/mol. The van der Waals surface area contributed by atoms with Gasteiger partial charge in [0.15, 0.2) is 5.69 Å². The molecule has 0 unspecified atom stereocenters. The van der Waals surface area contributed by atoms with Crippen molar-refractivity contribution in [3.63, 3.8) is 0 Å². The van der Waals surface area contributed by atoms with Crippen molar-refractivity contribution in [1.82, 2.24) is 15.1 Å². The maximum Gasteiger partial charge on any atom is 0.275 e. The molecule has 1 amide bonds. The van der Waals surface area contributed by atoms with E-state index in [0.29, 0.717) is 13.1 Å². The molecular weight excluding hydrogens is 290 g/mol. The first-order chi connectivity index (χ1) is 8.62. The molecule has 1 N–H and O–H groups in total. The van der Waals surface area contributed by atoms with Gasteiger partial charge < -0.3 is 4.90 Å². The SMILES string of the molecule is Cc1[nH]nc(C(=O)N2CCC(C)(C)C2)c1S(=O)(=O)Cl. The highest BCUT2D eigenvalue weighted by atomic mass is 35.7. The zero-order valence-corrected chi connectivity index (χ0v) is 12.6. The van der Waals surface area contributed by atoms with Gasteiger partial charge in [-0.25, -0.2) is 8.42 Å². The number of rotatable bonds is 2. The summed E-state index contributed by atoms with van der Waals surface area (Å²) in [7, 11) is 1.37. The Balaban J connectivity index is 2.37. The largest absolute Gasteiger partial charge is 0.337 e. The van der Waals surface area contributed by atoms with Crippen molar-refractivity contribution in [2.45, 2.75) is 32.1 Å². The Kier molecular flexibility index (Phi) is 3.38. The van der Waals surface area contributed by atoms with Crippen molar-refractivity contribution >= 4 is 25.6 Å². The van der Waals surface area contributed by atoms with Gasteiger partial charge in [-0.05, 0) is 18.8 Å². The second-order valence-electron chi connectivity index (χ2n) is 5.61. The van der Waals surface area contributed by atoms with Crippen molar-refractivity contribution in [2.24, 2.45) is 5.41 Å². The molecule has 2 heterocycles. The van der Waals surface area contributed by atoms with Crippen LogP contribution in [0.25, 0.3) is 0 Å². The Bertz CT molecular complexity index is 621. The molecule has 19 heavy (non-hydrogen) atoms. The summed E-state index contributed by atoms with van der Waals surface area (Å²) in [5.41, 5.74) is 0.197. The first-order valence-electron chi connectivity index (χ1n) is 5.91. The van der Waals surface area contributed by atoms with Crippen LogP contribution in [-0.2, 0) is 9.05 Å². The predicted octanol–water partition coefficient (Wildman–Crippen LogP) is 1.52. The van der Waals surface area contributed by atoms with Gasteiger partial charge in [-0.1, -0.05) is 13.8 Å². The Morgan fingerprint density at radius 1 is 1.47 bits per heavy atom. The van der Waals surface area contributed by atoms with E-state index in [-0.39, 0.29) is 21.7 Å². The Morgan fingerprint density at radius 3 is 2.58 bits per heavy atom. The number of halogens is 1. The highest BCUT2D eigenvalue weighted by molar-refractivity contribution is 8.13. The van der Waals surface area contributed by atoms with Crippen LogP contribution in [0.15, 0.2) is 4.90 Å². The number of hydrogen-bond acceptors (Lipinski definition) is 4. The topological polar surface area (TPSA) is 83.1 Å². The van der Waals surface area contributed by atoms with E-state index in [1.807, 2.05) is 0 Å². The van der Waals surface area contributed by atoms with E-state index in [0.717, 1.165) is 6.42 Å². The lowest BCUT2D eigenvalue weighted by atomic mass is 9.93. The molecule has 0 aromatic carbocycles. The minimum atomic E-state index is -3.99. The fraction of sp³-hybridized carbons (Fsp3) is 0.636. The normalized spacial score (nSPS) is 18.8. The molecule has 0 atom stereocenters. The lowest BCUT2D eigenvalue weighted by molar-refractivity contribution is 0.0768. The van der Waals surface area contributed by atoms with E-state index in [1.165, 1.54) is 6.92 Å². The molecule has 1 aliphatic heterocycles. The summed E-state index contributed by atoms with van der Waals surface area (Å²) >= 11 is 0. The second kappa shape index (κ2) is 4.49. The van der Waals surface area contributed by atoms with Gasteiger partial charge >= 0.3 is 0 Å². The smallest absolute Gasteiger partial charge is 0.275 e. The molecule has 0 spiro atoms. The summed E-state index contributed by atoms with van der Waals surface area (Å²) in [6.07, 6.45) is 0.880. The van der Waals surface area contributed by atoms with Crippen molar-refractivity contribution in [2.75, 3.05) is 13.1 Å². The molecule has 0 saturated carbocycles. The first kappa shape index (κ1) is 14.3. The predicted molar refractivity (Wildman–Crippen MR) is 70.7 cm³/mol. The number of aryl methyl sites for hydroxylation is 1. The highest BCUT2D eigenvalue weighted by Gasteiger charge is 2.36. The summed E-state index contributed by atoms with van der Waals surface area (Å²) in [5, 5.41) is 6.30. The lowest BCUT2D eigenvalue weighted by Gasteiger charge is -2.19. The van der Waals surface area contributed by atoms with Crippen LogP contribution in [0, 0.1) is 12.3 Å². The minimum absolute atomic E-state index is 0.0427. The second-order valence-corrected chi connectivity index (χ2v) is 8.11. The number of likely N-dealkylation sites (tertiary alicyclic amines) is 1. The maximum atomic E-state index is 12.3. The van der Waals surface area contributed by atoms with E-state index in [4.69, 9.17) is 10.7 Å². The van der Waals surface area contributed by atoms with Gasteiger partial charge in [-0.15, -0.1) is 0 Å². The number of hydrogen-bond donors (Lipinski definition) is 1. The molecule has 0 bridgehead atoms. The van der Waals surface area contributed by atoms with E-state index < -0.39 is 15.0 Å². The highest BCUT2D eigenvalue weighted by Crippen LogP contribution is 2.31. The molecule has 2 rings (SSSR count). The van der Waals surface area contributed by atoms with E-state index >= 15 is 0 Å². The van der Waals surface area contributed by atoms with Gasteiger partial charge in [0.25, 0.3) is 15.0 Å². The summed E-state index contributed by atoms with van der Waals surface area (Å²) in [5.74, 6) is -0.394. The zero-order chi connectivity index (χ0) is 14.4. The summed E-state index contributed by atoms with van der Waals surface area (Å²) in [6, 6.07) is 0. The van der Waals surface area contributed by atoms with Crippen LogP contribution >= 0.6 is 10.7 Å². The third-order valence-corrected chi connectivity index (χ3v) is 4.75. The van der Waals surface area contributed by atoms with Gasteiger partial charge in [-0.3, -0.25) is 9.89 Å². The standard InChI is InChI=1S/C11H16ClN3O3S/c1-7-9(19(12,17)18)8(14-13-7)10(16)15-5-4-11(2,3)6-15/h4-6H2,1-3H3,(H,13,14). The number of amides is 1. The molecule has 1 fully saturated rings. The van der Waals surface area contributed by atoms with Crippen LogP contribution in [0.4, 0.5) is 0 Å². The van der Waals surface area contributed by atoms with Crippen LogP contribution < -0.4 is 0 Å². The first-order valence-corrected chi connectivity index (χ1v) is 8.22. The molecule has 106 valence electrons. The zero-order valence-electron chi connectivity index (χ0n) is 11.0. The van der Waals surface area contributed by atoms with Crippen molar-refractivity contribution in [1.29, 1.82) is 0 Å². The third kappa shape index (κ3) is 2.76. The Labute approximate surface area is 116 Å². The maximum absolute atomic E-state index is 12.3. The molecule has 0 radical (unpaired) electrons. The number of nitrogens with one attached hydrogen (secondary N) is 1. The Morgan fingerprint density at radius 2 is 2.11 bits per heavy atom. The molecule has 1 aromatic rings. The van der Waals surface area contributed by atoms with Crippen LogP contribution in [0.5, 0.6) is 0 Å². The van der Waals surface area contributed by atoms with E-state index in [9.17, 15) is 13.2 Å². The number of aromatic amines is 1. The van der Waals surface area contributed by atoms with Crippen LogP contribution in [0.2, 0.25) is 0 Å². The monoisotopic (exact) mass is 305 g/mol. The molecule has 1 aromatic heterocycles. The van der Waals surface area contributed by atoms with Crippen LogP contribution in [0.3, 0.4) is 0 Å². The van der Waals surface area contributed by atoms with Crippen molar-refractivity contribution in [3.8, 4) is 0 Å². The fourth-order valence-electron chi connectivity index (χ4n) is 2.30. The van der Waals surface area contributed by atoms with Crippen molar-refractivity contribution in [3.05, 3.63) is 11.4 Å². The molecule has 1 aliphatic rings.